The summed E-state index contributed by atoms with van der Waals surface area (Å²) in [5.74, 6) is 4.32. The van der Waals surface area contributed by atoms with Gasteiger partial charge >= 0.3 is 0 Å². The van der Waals surface area contributed by atoms with Crippen LogP contribution in [-0.4, -0.2) is 24.3 Å². The van der Waals surface area contributed by atoms with Crippen molar-refractivity contribution in [2.24, 2.45) is 23.7 Å². The quantitative estimate of drug-likeness (QED) is 0.851. The highest BCUT2D eigenvalue weighted by atomic mass is 16.5. The second-order valence-electron chi connectivity index (χ2n) is 8.44. The second-order valence-corrected chi connectivity index (χ2v) is 8.44. The molecule has 5 unspecified atom stereocenters. The van der Waals surface area contributed by atoms with E-state index in [0.29, 0.717) is 11.7 Å². The number of rotatable bonds is 3. The van der Waals surface area contributed by atoms with Gasteiger partial charge in [-0.05, 0) is 68.6 Å². The molecular weight excluding hydrogens is 246 g/mol. The molecule has 2 bridgehead atoms. The third-order valence-electron chi connectivity index (χ3n) is 7.42. The Balaban J connectivity index is 1.13. The molecule has 2 heteroatoms. The molecule has 1 N–H and O–H groups in total. The van der Waals surface area contributed by atoms with E-state index >= 15 is 0 Å². The third kappa shape index (κ3) is 1.83. The molecule has 0 aromatic carbocycles. The van der Waals surface area contributed by atoms with Gasteiger partial charge in [0.15, 0.2) is 0 Å². The van der Waals surface area contributed by atoms with Crippen LogP contribution >= 0.6 is 0 Å². The van der Waals surface area contributed by atoms with Gasteiger partial charge in [0.1, 0.15) is 0 Å². The van der Waals surface area contributed by atoms with Crippen LogP contribution in [-0.2, 0) is 4.74 Å². The standard InChI is InChI=1S/C18H29NO/c1-2-7-18(8-3-1)9-6-14(20-18)11-19-17-15-12-4-5-13(10-12)16(15)17/h12-17,19H,1-11H2. The topological polar surface area (TPSA) is 21.3 Å². The van der Waals surface area contributed by atoms with E-state index in [1.807, 2.05) is 0 Å². The summed E-state index contributed by atoms with van der Waals surface area (Å²) in [5.41, 5.74) is 0.309. The fraction of sp³-hybridized carbons (Fsp3) is 1.00. The van der Waals surface area contributed by atoms with E-state index in [4.69, 9.17) is 4.74 Å². The minimum atomic E-state index is 0.309. The minimum Gasteiger partial charge on any atom is -0.370 e. The van der Waals surface area contributed by atoms with Gasteiger partial charge in [0.25, 0.3) is 0 Å². The number of ether oxygens (including phenoxy) is 1. The molecule has 20 heavy (non-hydrogen) atoms. The summed E-state index contributed by atoms with van der Waals surface area (Å²) in [5, 5.41) is 3.90. The predicted octanol–water partition coefficient (Wildman–Crippen LogP) is 3.50. The maximum Gasteiger partial charge on any atom is 0.0708 e. The van der Waals surface area contributed by atoms with E-state index in [9.17, 15) is 0 Å². The number of hydrogen-bond acceptors (Lipinski definition) is 2. The van der Waals surface area contributed by atoms with Gasteiger partial charge in [-0.25, -0.2) is 0 Å². The van der Waals surface area contributed by atoms with Crippen LogP contribution in [0.15, 0.2) is 0 Å². The molecule has 1 heterocycles. The summed E-state index contributed by atoms with van der Waals surface area (Å²) in [6, 6.07) is 0.882. The molecule has 4 aliphatic carbocycles. The van der Waals surface area contributed by atoms with Gasteiger partial charge in [-0.3, -0.25) is 0 Å². The second kappa shape index (κ2) is 4.46. The first kappa shape index (κ1) is 12.5. The molecule has 2 nitrogen and oxygen atoms in total. The van der Waals surface area contributed by atoms with Crippen LogP contribution in [0.1, 0.15) is 64.2 Å². The fourth-order valence-electron chi connectivity index (χ4n) is 6.47. The first-order valence-electron chi connectivity index (χ1n) is 9.26. The predicted molar refractivity (Wildman–Crippen MR) is 79.5 cm³/mol. The van der Waals surface area contributed by atoms with Crippen LogP contribution in [0.5, 0.6) is 0 Å². The summed E-state index contributed by atoms with van der Waals surface area (Å²) < 4.78 is 6.50. The van der Waals surface area contributed by atoms with E-state index in [2.05, 4.69) is 5.32 Å². The Kier molecular flexibility index (Phi) is 2.78. The SMILES string of the molecule is C1CCC2(CC1)CCC(CNC1C3C4CCC(C4)C13)O2. The van der Waals surface area contributed by atoms with E-state index in [-0.39, 0.29) is 0 Å². The van der Waals surface area contributed by atoms with E-state index in [1.165, 1.54) is 57.8 Å². The molecule has 0 aromatic rings. The zero-order chi connectivity index (χ0) is 13.2. The van der Waals surface area contributed by atoms with Crippen molar-refractivity contribution in [2.45, 2.75) is 82.0 Å². The van der Waals surface area contributed by atoms with E-state index in [0.717, 1.165) is 36.3 Å². The van der Waals surface area contributed by atoms with Gasteiger partial charge in [0, 0.05) is 12.6 Å². The Hall–Kier alpha value is -0.0800. The van der Waals surface area contributed by atoms with Crippen LogP contribution in [0.3, 0.4) is 0 Å². The summed E-state index contributed by atoms with van der Waals surface area (Å²) >= 11 is 0. The lowest BCUT2D eigenvalue weighted by atomic mass is 9.83. The normalized spacial score (nSPS) is 51.6. The van der Waals surface area contributed by atoms with Gasteiger partial charge in [-0.15, -0.1) is 0 Å². The summed E-state index contributed by atoms with van der Waals surface area (Å²) in [6.45, 7) is 1.14. The molecule has 0 aromatic heterocycles. The summed E-state index contributed by atoms with van der Waals surface area (Å²) in [7, 11) is 0. The minimum absolute atomic E-state index is 0.309. The molecule has 5 fully saturated rings. The van der Waals surface area contributed by atoms with Crippen LogP contribution in [0.2, 0.25) is 0 Å². The van der Waals surface area contributed by atoms with Gasteiger partial charge in [0.05, 0.1) is 11.7 Å². The van der Waals surface area contributed by atoms with Crippen molar-refractivity contribution in [1.29, 1.82) is 0 Å². The van der Waals surface area contributed by atoms with Crippen molar-refractivity contribution in [3.05, 3.63) is 0 Å². The van der Waals surface area contributed by atoms with Gasteiger partial charge in [0.2, 0.25) is 0 Å². The lowest BCUT2D eigenvalue weighted by molar-refractivity contribution is -0.0626. The largest absolute Gasteiger partial charge is 0.370 e. The highest BCUT2D eigenvalue weighted by Gasteiger charge is 2.64. The van der Waals surface area contributed by atoms with Gasteiger partial charge in [-0.1, -0.05) is 19.3 Å². The van der Waals surface area contributed by atoms with Crippen molar-refractivity contribution < 1.29 is 4.74 Å². The van der Waals surface area contributed by atoms with Crippen molar-refractivity contribution in [2.75, 3.05) is 6.54 Å². The molecule has 0 radical (unpaired) electrons. The highest BCUT2D eigenvalue weighted by molar-refractivity contribution is 5.16. The molecule has 5 aliphatic rings. The lowest BCUT2D eigenvalue weighted by Crippen LogP contribution is -2.36. The Morgan fingerprint density at radius 3 is 2.40 bits per heavy atom. The highest BCUT2D eigenvalue weighted by Crippen LogP contribution is 2.65. The molecule has 112 valence electrons. The molecule has 4 saturated carbocycles. The lowest BCUT2D eigenvalue weighted by Gasteiger charge is -2.33. The molecule has 5 atom stereocenters. The van der Waals surface area contributed by atoms with Crippen LogP contribution in [0.4, 0.5) is 0 Å². The molecule has 0 amide bonds. The average molecular weight is 275 g/mol. The average Bonchev–Trinajstić information content (AvgIpc) is 2.83. The summed E-state index contributed by atoms with van der Waals surface area (Å²) in [6.07, 6.45) is 14.7. The van der Waals surface area contributed by atoms with Crippen LogP contribution < -0.4 is 5.32 Å². The number of fused-ring (bicyclic) bond motifs is 5. The molecule has 1 saturated heterocycles. The monoisotopic (exact) mass is 275 g/mol. The fourth-order valence-corrected chi connectivity index (χ4v) is 6.47. The van der Waals surface area contributed by atoms with Gasteiger partial charge < -0.3 is 10.1 Å². The maximum absolute atomic E-state index is 6.50. The first-order chi connectivity index (χ1) is 9.85. The maximum atomic E-state index is 6.50. The van der Waals surface area contributed by atoms with Crippen molar-refractivity contribution in [3.8, 4) is 0 Å². The zero-order valence-electron chi connectivity index (χ0n) is 12.7. The number of hydrogen-bond donors (Lipinski definition) is 1. The summed E-state index contributed by atoms with van der Waals surface area (Å²) in [4.78, 5) is 0. The third-order valence-corrected chi connectivity index (χ3v) is 7.42. The van der Waals surface area contributed by atoms with Gasteiger partial charge in [-0.2, -0.15) is 0 Å². The van der Waals surface area contributed by atoms with Crippen molar-refractivity contribution >= 4 is 0 Å². The Labute approximate surface area is 123 Å². The Morgan fingerprint density at radius 1 is 0.900 bits per heavy atom. The Morgan fingerprint density at radius 2 is 1.65 bits per heavy atom. The molecular formula is C18H29NO. The van der Waals surface area contributed by atoms with Crippen LogP contribution in [0, 0.1) is 23.7 Å². The molecule has 1 aliphatic heterocycles. The zero-order valence-corrected chi connectivity index (χ0v) is 12.7. The number of nitrogens with one attached hydrogen (secondary N) is 1. The first-order valence-corrected chi connectivity index (χ1v) is 9.26. The van der Waals surface area contributed by atoms with Crippen molar-refractivity contribution in [1.82, 2.24) is 5.32 Å². The van der Waals surface area contributed by atoms with Crippen LogP contribution in [0.25, 0.3) is 0 Å². The van der Waals surface area contributed by atoms with E-state index in [1.54, 1.807) is 6.42 Å². The Bertz CT molecular complexity index is 373. The van der Waals surface area contributed by atoms with E-state index < -0.39 is 0 Å². The van der Waals surface area contributed by atoms with Crippen molar-refractivity contribution in [3.63, 3.8) is 0 Å². The smallest absolute Gasteiger partial charge is 0.0708 e. The molecule has 1 spiro atoms. The molecule has 5 rings (SSSR count).